The van der Waals surface area contributed by atoms with E-state index in [1.165, 1.54) is 18.2 Å². The van der Waals surface area contributed by atoms with Crippen LogP contribution in [0.3, 0.4) is 0 Å². The van der Waals surface area contributed by atoms with Crippen molar-refractivity contribution in [3.05, 3.63) is 63.9 Å². The van der Waals surface area contributed by atoms with Gasteiger partial charge in [0.15, 0.2) is 0 Å². The maximum Gasteiger partial charge on any atom is 0.124 e. The molecule has 0 spiro atoms. The van der Waals surface area contributed by atoms with Gasteiger partial charge in [0, 0.05) is 22.2 Å². The summed E-state index contributed by atoms with van der Waals surface area (Å²) in [6.45, 7) is 4.08. The summed E-state index contributed by atoms with van der Waals surface area (Å²) in [5.41, 5.74) is 8.53. The Bertz CT molecular complexity index is 613. The highest BCUT2D eigenvalue weighted by Gasteiger charge is 2.10. The fourth-order valence-electron chi connectivity index (χ4n) is 1.95. The number of hydrogen-bond acceptors (Lipinski definition) is 2. The fourth-order valence-corrected chi connectivity index (χ4v) is 2.12. The molecule has 0 aliphatic rings. The van der Waals surface area contributed by atoms with E-state index >= 15 is 0 Å². The Morgan fingerprint density at radius 2 is 2.00 bits per heavy atom. The Morgan fingerprint density at radius 3 is 2.70 bits per heavy atom. The van der Waals surface area contributed by atoms with E-state index in [4.69, 9.17) is 22.1 Å². The van der Waals surface area contributed by atoms with Gasteiger partial charge in [0.25, 0.3) is 0 Å². The number of hydrogen-bond donors (Lipinski definition) is 1. The molecule has 2 aromatic rings. The molecule has 2 aromatic carbocycles. The lowest BCUT2D eigenvalue weighted by molar-refractivity contribution is 0.301. The highest BCUT2D eigenvalue weighted by Crippen LogP contribution is 2.27. The van der Waals surface area contributed by atoms with Crippen LogP contribution in [0.4, 0.5) is 4.39 Å². The summed E-state index contributed by atoms with van der Waals surface area (Å²) in [6.07, 6.45) is 0. The lowest BCUT2D eigenvalue weighted by atomic mass is 10.1. The first kappa shape index (κ1) is 14.8. The van der Waals surface area contributed by atoms with Crippen molar-refractivity contribution in [2.24, 2.45) is 5.73 Å². The molecule has 0 fully saturated rings. The Kier molecular flexibility index (Phi) is 4.63. The molecule has 2 nitrogen and oxygen atoms in total. The Hall–Kier alpha value is -1.58. The van der Waals surface area contributed by atoms with Crippen molar-refractivity contribution in [2.75, 3.05) is 0 Å². The van der Waals surface area contributed by atoms with Crippen molar-refractivity contribution >= 4 is 11.6 Å². The molecular formula is C16H17ClFNO. The number of aryl methyl sites for hydroxylation is 1. The van der Waals surface area contributed by atoms with Crippen LogP contribution in [0.5, 0.6) is 5.75 Å². The second-order valence-corrected chi connectivity index (χ2v) is 5.26. The molecule has 4 heteroatoms. The smallest absolute Gasteiger partial charge is 0.124 e. The summed E-state index contributed by atoms with van der Waals surface area (Å²) in [5, 5.41) is 0.487. The molecule has 0 saturated heterocycles. The van der Waals surface area contributed by atoms with Crippen molar-refractivity contribution in [3.63, 3.8) is 0 Å². The minimum atomic E-state index is -0.329. The predicted molar refractivity (Wildman–Crippen MR) is 79.5 cm³/mol. The predicted octanol–water partition coefficient (Wildman–Crippen LogP) is 4.39. The van der Waals surface area contributed by atoms with Crippen LogP contribution in [0.15, 0.2) is 36.4 Å². The van der Waals surface area contributed by atoms with Gasteiger partial charge < -0.3 is 10.5 Å². The van der Waals surface area contributed by atoms with E-state index in [1.807, 2.05) is 32.0 Å². The summed E-state index contributed by atoms with van der Waals surface area (Å²) in [4.78, 5) is 0. The molecule has 0 aromatic heterocycles. The number of benzene rings is 2. The van der Waals surface area contributed by atoms with E-state index in [9.17, 15) is 4.39 Å². The molecule has 106 valence electrons. The van der Waals surface area contributed by atoms with Gasteiger partial charge in [-0.15, -0.1) is 0 Å². The van der Waals surface area contributed by atoms with E-state index in [0.717, 1.165) is 11.1 Å². The van der Waals surface area contributed by atoms with Crippen molar-refractivity contribution in [2.45, 2.75) is 26.5 Å². The third-order valence-corrected chi connectivity index (χ3v) is 3.42. The van der Waals surface area contributed by atoms with Gasteiger partial charge in [0.05, 0.1) is 0 Å². The van der Waals surface area contributed by atoms with Gasteiger partial charge in [-0.3, -0.25) is 0 Å². The molecule has 0 aliphatic heterocycles. The average Bonchev–Trinajstić information content (AvgIpc) is 2.39. The SMILES string of the molecule is Cc1ccc([C@H](C)N)c(OCc2cc(F)ccc2Cl)c1. The zero-order valence-corrected chi connectivity index (χ0v) is 12.2. The lowest BCUT2D eigenvalue weighted by Gasteiger charge is -2.15. The Balaban J connectivity index is 2.22. The number of nitrogens with two attached hydrogens (primary N) is 1. The average molecular weight is 294 g/mol. The van der Waals surface area contributed by atoms with E-state index in [0.29, 0.717) is 16.3 Å². The van der Waals surface area contributed by atoms with Crippen LogP contribution in [0.1, 0.15) is 29.7 Å². The highest BCUT2D eigenvalue weighted by atomic mass is 35.5. The zero-order valence-electron chi connectivity index (χ0n) is 11.5. The summed E-state index contributed by atoms with van der Waals surface area (Å²) < 4.78 is 19.0. The largest absolute Gasteiger partial charge is 0.488 e. The monoisotopic (exact) mass is 293 g/mol. The summed E-state index contributed by atoms with van der Waals surface area (Å²) in [5.74, 6) is 0.380. The number of halogens is 2. The Morgan fingerprint density at radius 1 is 1.25 bits per heavy atom. The standard InChI is InChI=1S/C16H17ClFNO/c1-10-3-5-14(11(2)19)16(7-10)20-9-12-8-13(18)4-6-15(12)17/h3-8,11H,9,19H2,1-2H3/t11-/m0/s1. The second kappa shape index (κ2) is 6.25. The summed E-state index contributed by atoms with van der Waals surface area (Å²) in [7, 11) is 0. The van der Waals surface area contributed by atoms with Gasteiger partial charge in [-0.2, -0.15) is 0 Å². The minimum absolute atomic E-state index is 0.131. The quantitative estimate of drug-likeness (QED) is 0.907. The maximum absolute atomic E-state index is 13.2. The lowest BCUT2D eigenvalue weighted by Crippen LogP contribution is -2.08. The molecular weight excluding hydrogens is 277 g/mol. The first-order valence-corrected chi connectivity index (χ1v) is 6.78. The van der Waals surface area contributed by atoms with Gasteiger partial charge in [0.1, 0.15) is 18.2 Å². The van der Waals surface area contributed by atoms with E-state index in [-0.39, 0.29) is 18.5 Å². The van der Waals surface area contributed by atoms with E-state index < -0.39 is 0 Å². The minimum Gasteiger partial charge on any atom is -0.488 e. The number of ether oxygens (including phenoxy) is 1. The van der Waals surface area contributed by atoms with Gasteiger partial charge in [-0.25, -0.2) is 4.39 Å². The van der Waals surface area contributed by atoms with Gasteiger partial charge in [0.2, 0.25) is 0 Å². The Labute approximate surface area is 123 Å². The van der Waals surface area contributed by atoms with Crippen LogP contribution < -0.4 is 10.5 Å². The molecule has 0 radical (unpaired) electrons. The van der Waals surface area contributed by atoms with Crippen LogP contribution >= 0.6 is 11.6 Å². The maximum atomic E-state index is 13.2. The van der Waals surface area contributed by atoms with Crippen molar-refractivity contribution in [3.8, 4) is 5.75 Å². The topological polar surface area (TPSA) is 35.2 Å². The van der Waals surface area contributed by atoms with E-state index in [2.05, 4.69) is 0 Å². The van der Waals surface area contributed by atoms with Crippen molar-refractivity contribution in [1.29, 1.82) is 0 Å². The summed E-state index contributed by atoms with van der Waals surface area (Å²) >= 11 is 6.02. The number of rotatable bonds is 4. The molecule has 0 aliphatic carbocycles. The van der Waals surface area contributed by atoms with E-state index in [1.54, 1.807) is 0 Å². The molecule has 20 heavy (non-hydrogen) atoms. The second-order valence-electron chi connectivity index (χ2n) is 4.85. The van der Waals surface area contributed by atoms with Crippen LogP contribution in [0, 0.1) is 12.7 Å². The molecule has 0 heterocycles. The highest BCUT2D eigenvalue weighted by molar-refractivity contribution is 6.31. The fraction of sp³-hybridized carbons (Fsp3) is 0.250. The molecule has 0 saturated carbocycles. The van der Waals surface area contributed by atoms with Crippen LogP contribution in [-0.2, 0) is 6.61 Å². The molecule has 0 bridgehead atoms. The van der Waals surface area contributed by atoms with Crippen LogP contribution in [0.25, 0.3) is 0 Å². The van der Waals surface area contributed by atoms with Crippen LogP contribution in [0.2, 0.25) is 5.02 Å². The molecule has 0 amide bonds. The normalized spacial score (nSPS) is 12.2. The van der Waals surface area contributed by atoms with Gasteiger partial charge in [-0.05, 0) is 43.7 Å². The molecule has 2 rings (SSSR count). The first-order valence-electron chi connectivity index (χ1n) is 6.40. The summed E-state index contributed by atoms with van der Waals surface area (Å²) in [6, 6.07) is 9.96. The molecule has 0 unspecified atom stereocenters. The molecule has 1 atom stereocenters. The van der Waals surface area contributed by atoms with Gasteiger partial charge in [-0.1, -0.05) is 23.7 Å². The zero-order chi connectivity index (χ0) is 14.7. The van der Waals surface area contributed by atoms with Crippen molar-refractivity contribution < 1.29 is 9.13 Å². The molecule has 2 N–H and O–H groups in total. The van der Waals surface area contributed by atoms with Crippen LogP contribution in [-0.4, -0.2) is 0 Å². The van der Waals surface area contributed by atoms with Gasteiger partial charge >= 0.3 is 0 Å². The third-order valence-electron chi connectivity index (χ3n) is 3.05. The van der Waals surface area contributed by atoms with Crippen molar-refractivity contribution in [1.82, 2.24) is 0 Å². The third kappa shape index (κ3) is 3.50. The first-order chi connectivity index (χ1) is 9.47.